The van der Waals surface area contributed by atoms with Gasteiger partial charge in [-0.15, -0.1) is 0 Å². The number of ether oxygens (including phenoxy) is 3. The van der Waals surface area contributed by atoms with Crippen LogP contribution >= 0.6 is 0 Å². The Morgan fingerprint density at radius 2 is 0.750 bits per heavy atom. The summed E-state index contributed by atoms with van der Waals surface area (Å²) in [5, 5.41) is 0. The molecule has 0 aromatic heterocycles. The Kier molecular flexibility index (Phi) is 48.9. The zero-order valence-electron chi connectivity index (χ0n) is 40.0. The highest BCUT2D eigenvalue weighted by atomic mass is 16.6. The maximum Gasteiger partial charge on any atom is 0.306 e. The molecule has 0 rings (SSSR count). The smallest absolute Gasteiger partial charge is 0.306 e. The van der Waals surface area contributed by atoms with Gasteiger partial charge in [0.15, 0.2) is 6.10 Å². The van der Waals surface area contributed by atoms with Crippen LogP contribution < -0.4 is 0 Å². The number of unbranched alkanes of at least 4 members (excludes halogenated alkanes) is 26. The Hall–Kier alpha value is -2.40. The molecule has 0 saturated heterocycles. The van der Waals surface area contributed by atoms with Crippen LogP contribution in [0.1, 0.15) is 252 Å². The van der Waals surface area contributed by atoms with E-state index >= 15 is 0 Å². The Morgan fingerprint density at radius 3 is 1.22 bits per heavy atom. The van der Waals surface area contributed by atoms with Crippen molar-refractivity contribution in [1.82, 2.24) is 0 Å². The maximum absolute atomic E-state index is 12.7. The largest absolute Gasteiger partial charge is 0.462 e. The lowest BCUT2D eigenvalue weighted by Gasteiger charge is -2.18. The quantitative estimate of drug-likeness (QED) is 0.0347. The molecule has 5 heteroatoms. The van der Waals surface area contributed by atoms with Gasteiger partial charge in [-0.05, 0) is 83.5 Å². The summed E-state index contributed by atoms with van der Waals surface area (Å²) < 4.78 is 17.3. The van der Waals surface area contributed by atoms with Gasteiger partial charge >= 0.3 is 11.9 Å². The van der Waals surface area contributed by atoms with Gasteiger partial charge in [-0.25, -0.2) is 0 Å². The van der Waals surface area contributed by atoms with Crippen LogP contribution in [-0.2, 0) is 23.8 Å². The number of carbonyl (C=O) groups is 2. The van der Waals surface area contributed by atoms with Gasteiger partial charge in [0.1, 0.15) is 6.61 Å². The second-order valence-electron chi connectivity index (χ2n) is 17.0. The monoisotopic (exact) mass is 839 g/mol. The Morgan fingerprint density at radius 1 is 0.383 bits per heavy atom. The molecule has 1 atom stereocenters. The SMILES string of the molecule is CC/C=C\C/C=C\C/C=C\C/C=C\CCCCCCCOCC(COC(=O)CCCCCCCCCCC/C=C\CCCCCCCC)OC(=O)CCCCCCCCC. The van der Waals surface area contributed by atoms with E-state index < -0.39 is 6.10 Å². The molecule has 0 aliphatic carbocycles. The molecule has 348 valence electrons. The molecule has 0 aromatic carbocycles. The molecule has 5 nitrogen and oxygen atoms in total. The van der Waals surface area contributed by atoms with Crippen molar-refractivity contribution in [1.29, 1.82) is 0 Å². The molecule has 0 aromatic rings. The van der Waals surface area contributed by atoms with E-state index in [0.29, 0.717) is 19.4 Å². The summed E-state index contributed by atoms with van der Waals surface area (Å²) in [6.45, 7) is 7.65. The van der Waals surface area contributed by atoms with Crippen LogP contribution in [0.3, 0.4) is 0 Å². The number of rotatable bonds is 47. The van der Waals surface area contributed by atoms with Crippen LogP contribution in [0.25, 0.3) is 0 Å². The number of carbonyl (C=O) groups excluding carboxylic acids is 2. The second kappa shape index (κ2) is 51.0. The van der Waals surface area contributed by atoms with E-state index in [4.69, 9.17) is 14.2 Å². The minimum atomic E-state index is -0.543. The topological polar surface area (TPSA) is 61.8 Å². The van der Waals surface area contributed by atoms with Crippen molar-refractivity contribution < 1.29 is 23.8 Å². The molecule has 0 amide bonds. The average molecular weight is 839 g/mol. The Balaban J connectivity index is 4.13. The fraction of sp³-hybridized carbons (Fsp3) is 0.782. The van der Waals surface area contributed by atoms with Crippen molar-refractivity contribution in [3.05, 3.63) is 60.8 Å². The molecule has 0 N–H and O–H groups in total. The lowest BCUT2D eigenvalue weighted by Crippen LogP contribution is -2.30. The molecule has 0 aliphatic heterocycles. The molecule has 0 fully saturated rings. The minimum absolute atomic E-state index is 0.0772. The van der Waals surface area contributed by atoms with E-state index in [1.54, 1.807) is 0 Å². The highest BCUT2D eigenvalue weighted by Gasteiger charge is 2.17. The molecule has 0 heterocycles. The zero-order chi connectivity index (χ0) is 43.5. The first-order chi connectivity index (χ1) is 29.6. The number of hydrogen-bond acceptors (Lipinski definition) is 5. The van der Waals surface area contributed by atoms with Crippen molar-refractivity contribution >= 4 is 11.9 Å². The summed E-state index contributed by atoms with van der Waals surface area (Å²) >= 11 is 0. The molecule has 60 heavy (non-hydrogen) atoms. The number of esters is 2. The van der Waals surface area contributed by atoms with E-state index in [1.165, 1.54) is 148 Å². The molecular weight excluding hydrogens is 741 g/mol. The molecule has 0 spiro atoms. The highest BCUT2D eigenvalue weighted by molar-refractivity contribution is 5.70. The van der Waals surface area contributed by atoms with Crippen LogP contribution in [0.4, 0.5) is 0 Å². The number of hydrogen-bond donors (Lipinski definition) is 0. The van der Waals surface area contributed by atoms with Crippen molar-refractivity contribution in [3.63, 3.8) is 0 Å². The zero-order valence-corrected chi connectivity index (χ0v) is 40.0. The third kappa shape index (κ3) is 48.3. The highest BCUT2D eigenvalue weighted by Crippen LogP contribution is 2.14. The van der Waals surface area contributed by atoms with Crippen LogP contribution in [0.5, 0.6) is 0 Å². The van der Waals surface area contributed by atoms with E-state index in [-0.39, 0.29) is 25.2 Å². The summed E-state index contributed by atoms with van der Waals surface area (Å²) in [6.07, 6.45) is 63.9. The lowest BCUT2D eigenvalue weighted by atomic mass is 10.1. The van der Waals surface area contributed by atoms with Crippen LogP contribution in [0, 0.1) is 0 Å². The molecule has 0 bridgehead atoms. The average Bonchev–Trinajstić information content (AvgIpc) is 3.25. The fourth-order valence-electron chi connectivity index (χ4n) is 7.20. The van der Waals surface area contributed by atoms with Crippen molar-refractivity contribution in [2.75, 3.05) is 19.8 Å². The molecular formula is C55H98O5. The van der Waals surface area contributed by atoms with Crippen molar-refractivity contribution in [2.24, 2.45) is 0 Å². The Bertz CT molecular complexity index is 1040. The number of allylic oxidation sites excluding steroid dienone is 10. The van der Waals surface area contributed by atoms with Gasteiger partial charge in [0.25, 0.3) is 0 Å². The van der Waals surface area contributed by atoms with E-state index in [2.05, 4.69) is 81.5 Å². The van der Waals surface area contributed by atoms with Gasteiger partial charge in [-0.1, -0.05) is 216 Å². The third-order valence-electron chi connectivity index (χ3n) is 11.0. The first kappa shape index (κ1) is 57.6. The minimum Gasteiger partial charge on any atom is -0.462 e. The van der Waals surface area contributed by atoms with Crippen molar-refractivity contribution in [3.8, 4) is 0 Å². The van der Waals surface area contributed by atoms with Crippen LogP contribution in [0.2, 0.25) is 0 Å². The Labute approximate surface area is 373 Å². The molecule has 0 radical (unpaired) electrons. The predicted octanol–water partition coefficient (Wildman–Crippen LogP) is 17.3. The summed E-state index contributed by atoms with van der Waals surface area (Å²) in [6, 6.07) is 0. The van der Waals surface area contributed by atoms with Gasteiger partial charge in [-0.3, -0.25) is 9.59 Å². The van der Waals surface area contributed by atoms with Crippen LogP contribution in [-0.4, -0.2) is 37.9 Å². The second-order valence-corrected chi connectivity index (χ2v) is 17.0. The van der Waals surface area contributed by atoms with Crippen molar-refractivity contribution in [2.45, 2.75) is 258 Å². The van der Waals surface area contributed by atoms with E-state index in [0.717, 1.165) is 70.6 Å². The van der Waals surface area contributed by atoms with Gasteiger partial charge in [-0.2, -0.15) is 0 Å². The lowest BCUT2D eigenvalue weighted by molar-refractivity contribution is -0.163. The normalized spacial score (nSPS) is 12.7. The van der Waals surface area contributed by atoms with Gasteiger partial charge in [0, 0.05) is 19.4 Å². The predicted molar refractivity (Wildman–Crippen MR) is 261 cm³/mol. The molecule has 0 aliphatic rings. The fourth-order valence-corrected chi connectivity index (χ4v) is 7.20. The molecule has 0 saturated carbocycles. The first-order valence-electron chi connectivity index (χ1n) is 25.8. The summed E-state index contributed by atoms with van der Waals surface area (Å²) in [7, 11) is 0. The van der Waals surface area contributed by atoms with E-state index in [9.17, 15) is 9.59 Å². The summed E-state index contributed by atoms with van der Waals surface area (Å²) in [4.78, 5) is 25.2. The summed E-state index contributed by atoms with van der Waals surface area (Å²) in [5.74, 6) is -0.411. The van der Waals surface area contributed by atoms with Gasteiger partial charge in [0.05, 0.1) is 6.61 Å². The first-order valence-corrected chi connectivity index (χ1v) is 25.8. The third-order valence-corrected chi connectivity index (χ3v) is 11.0. The van der Waals surface area contributed by atoms with Gasteiger partial charge in [0.2, 0.25) is 0 Å². The van der Waals surface area contributed by atoms with Crippen LogP contribution in [0.15, 0.2) is 60.8 Å². The maximum atomic E-state index is 12.7. The van der Waals surface area contributed by atoms with E-state index in [1.807, 2.05) is 0 Å². The molecule has 1 unspecified atom stereocenters. The van der Waals surface area contributed by atoms with Gasteiger partial charge < -0.3 is 14.2 Å². The summed E-state index contributed by atoms with van der Waals surface area (Å²) in [5.41, 5.74) is 0. The standard InChI is InChI=1S/C55H98O5/c1-4-7-10-13-16-18-20-22-24-26-28-29-31-33-35-37-40-42-45-48-54(56)59-52-53(60-55(57)49-46-43-39-15-12-9-6-3)51-58-50-47-44-41-38-36-34-32-30-27-25-23-21-19-17-14-11-8-5-2/h8,11,17,19,22-25,30,32,53H,4-7,9-10,12-16,18,20-21,26-29,31,33-52H2,1-3H3/b11-8-,19-17-,24-22-,25-23-,32-30-.